The van der Waals surface area contributed by atoms with Crippen molar-refractivity contribution in [3.8, 4) is 0 Å². The Balaban J connectivity index is 1.19. The summed E-state index contributed by atoms with van der Waals surface area (Å²) in [5, 5.41) is 6.05. The highest BCUT2D eigenvalue weighted by Gasteiger charge is 2.34. The molecule has 0 aliphatic carbocycles. The third-order valence-electron chi connectivity index (χ3n) is 7.77. The topological polar surface area (TPSA) is 73.0 Å². The normalized spacial score (nSPS) is 20.9. The number of piperazine rings is 1. The van der Waals surface area contributed by atoms with Crippen LogP contribution in [0.4, 0.5) is 36.1 Å². The van der Waals surface area contributed by atoms with Crippen molar-refractivity contribution in [1.82, 2.24) is 14.8 Å². The maximum atomic E-state index is 13.7. The van der Waals surface area contributed by atoms with Gasteiger partial charge >= 0.3 is 6.18 Å². The largest absolute Gasteiger partial charge is 0.419 e. The number of rotatable bonds is 8. The molecular weight excluding hydrogens is 509 g/mol. The van der Waals surface area contributed by atoms with Crippen molar-refractivity contribution in [3.05, 3.63) is 42.1 Å². The van der Waals surface area contributed by atoms with E-state index in [0.717, 1.165) is 43.6 Å². The molecule has 0 spiro atoms. The number of pyridine rings is 1. The first-order chi connectivity index (χ1) is 18.9. The minimum absolute atomic E-state index is 0.0347. The second kappa shape index (κ2) is 12.4. The van der Waals surface area contributed by atoms with Crippen molar-refractivity contribution in [2.24, 2.45) is 0 Å². The Morgan fingerprint density at radius 2 is 1.90 bits per heavy atom. The Morgan fingerprint density at radius 1 is 1.05 bits per heavy atom. The molecule has 0 bridgehead atoms. The van der Waals surface area contributed by atoms with E-state index in [4.69, 9.17) is 4.74 Å². The molecule has 5 rings (SSSR count). The molecule has 2 N–H and O–H groups in total. The van der Waals surface area contributed by atoms with Gasteiger partial charge in [-0.15, -0.1) is 0 Å². The van der Waals surface area contributed by atoms with Crippen LogP contribution in [0.5, 0.6) is 0 Å². The van der Waals surface area contributed by atoms with E-state index in [0.29, 0.717) is 44.5 Å². The average Bonchev–Trinajstić information content (AvgIpc) is 3.14. The number of ether oxygens (including phenoxy) is 1. The van der Waals surface area contributed by atoms with Gasteiger partial charge < -0.3 is 25.2 Å². The molecule has 2 aromatic rings. The molecule has 1 unspecified atom stereocenters. The summed E-state index contributed by atoms with van der Waals surface area (Å²) in [4.78, 5) is 22.8. The van der Waals surface area contributed by atoms with Crippen LogP contribution in [0, 0.1) is 0 Å². The molecule has 0 saturated carbocycles. The number of alkyl halides is 3. The van der Waals surface area contributed by atoms with Crippen molar-refractivity contribution >= 4 is 28.8 Å². The van der Waals surface area contributed by atoms with Crippen LogP contribution >= 0.6 is 0 Å². The lowest BCUT2D eigenvalue weighted by molar-refractivity contribution is -0.137. The third kappa shape index (κ3) is 7.13. The van der Waals surface area contributed by atoms with Gasteiger partial charge in [0.15, 0.2) is 0 Å². The Morgan fingerprint density at radius 3 is 2.72 bits per heavy atom. The number of carbonyl (C=O) groups is 1. The van der Waals surface area contributed by atoms with E-state index in [2.05, 4.69) is 37.6 Å². The summed E-state index contributed by atoms with van der Waals surface area (Å²) in [5.41, 5.74) is 1.06. The van der Waals surface area contributed by atoms with Gasteiger partial charge in [0.25, 0.3) is 0 Å². The first-order valence-corrected chi connectivity index (χ1v) is 13.9. The number of nitrogens with one attached hydrogen (secondary N) is 2. The number of hydrogen-bond donors (Lipinski definition) is 2. The Kier molecular flexibility index (Phi) is 8.76. The summed E-state index contributed by atoms with van der Waals surface area (Å²) in [7, 11) is 0. The fraction of sp³-hybridized carbons (Fsp3) is 0.571. The average molecular weight is 547 g/mol. The molecule has 3 fully saturated rings. The van der Waals surface area contributed by atoms with E-state index in [1.165, 1.54) is 31.9 Å². The quantitative estimate of drug-likeness (QED) is 0.470. The number of anilines is 4. The first-order valence-electron chi connectivity index (χ1n) is 13.9. The fourth-order valence-corrected chi connectivity index (χ4v) is 5.65. The summed E-state index contributed by atoms with van der Waals surface area (Å²) in [6, 6.07) is 10.0. The van der Waals surface area contributed by atoms with Crippen LogP contribution in [0.1, 0.15) is 37.7 Å². The Bertz CT molecular complexity index is 1110. The molecule has 3 aliphatic heterocycles. The van der Waals surface area contributed by atoms with Gasteiger partial charge in [0.05, 0.1) is 11.3 Å². The van der Waals surface area contributed by atoms with Crippen molar-refractivity contribution in [3.63, 3.8) is 0 Å². The maximum absolute atomic E-state index is 13.7. The smallest absolute Gasteiger partial charge is 0.384 e. The van der Waals surface area contributed by atoms with E-state index in [1.807, 2.05) is 12.1 Å². The van der Waals surface area contributed by atoms with Crippen molar-refractivity contribution in [2.45, 2.75) is 44.3 Å². The van der Waals surface area contributed by atoms with Crippen LogP contribution in [-0.2, 0) is 15.7 Å². The van der Waals surface area contributed by atoms with Gasteiger partial charge in [0.1, 0.15) is 12.4 Å². The van der Waals surface area contributed by atoms with Crippen LogP contribution in [0.15, 0.2) is 36.5 Å². The lowest BCUT2D eigenvalue weighted by Gasteiger charge is -2.45. The minimum atomic E-state index is -4.53. The minimum Gasteiger partial charge on any atom is -0.384 e. The predicted molar refractivity (Wildman–Crippen MR) is 146 cm³/mol. The molecule has 3 aliphatic rings. The van der Waals surface area contributed by atoms with Crippen LogP contribution in [0.25, 0.3) is 0 Å². The van der Waals surface area contributed by atoms with Gasteiger partial charge in [-0.05, 0) is 56.5 Å². The zero-order chi connectivity index (χ0) is 27.2. The molecule has 11 heteroatoms. The third-order valence-corrected chi connectivity index (χ3v) is 7.77. The van der Waals surface area contributed by atoms with Gasteiger partial charge in [0, 0.05) is 75.6 Å². The molecule has 1 aromatic heterocycles. The lowest BCUT2D eigenvalue weighted by atomic mass is 9.99. The zero-order valence-corrected chi connectivity index (χ0v) is 22.2. The SMILES string of the molecule is O=C1COCCCN1CCCNc1cc(Nc2ccc(N3CCN4CCCCC4C3)cc2)ncc1C(F)(F)F. The molecule has 1 atom stereocenters. The van der Waals surface area contributed by atoms with Crippen LogP contribution in [0.3, 0.4) is 0 Å². The van der Waals surface area contributed by atoms with Crippen molar-refractivity contribution in [1.29, 1.82) is 0 Å². The predicted octanol–water partition coefficient (Wildman–Crippen LogP) is 4.57. The molecule has 1 aromatic carbocycles. The van der Waals surface area contributed by atoms with Gasteiger partial charge in [-0.3, -0.25) is 9.69 Å². The molecule has 39 heavy (non-hydrogen) atoms. The van der Waals surface area contributed by atoms with Gasteiger partial charge in [-0.25, -0.2) is 4.98 Å². The highest BCUT2D eigenvalue weighted by molar-refractivity contribution is 5.77. The molecular formula is C28H37F3N6O2. The zero-order valence-electron chi connectivity index (χ0n) is 22.2. The number of carbonyl (C=O) groups excluding carboxylic acids is 1. The van der Waals surface area contributed by atoms with Gasteiger partial charge in [0.2, 0.25) is 5.91 Å². The van der Waals surface area contributed by atoms with E-state index in [9.17, 15) is 18.0 Å². The molecule has 8 nitrogen and oxygen atoms in total. The van der Waals surface area contributed by atoms with E-state index < -0.39 is 11.7 Å². The van der Waals surface area contributed by atoms with Crippen molar-refractivity contribution < 1.29 is 22.7 Å². The number of hydrogen-bond acceptors (Lipinski definition) is 7. The van der Waals surface area contributed by atoms with E-state index in [-0.39, 0.29) is 18.2 Å². The van der Waals surface area contributed by atoms with Crippen LogP contribution in [0.2, 0.25) is 0 Å². The Hall–Kier alpha value is -3.05. The molecule has 3 saturated heterocycles. The summed E-state index contributed by atoms with van der Waals surface area (Å²) < 4.78 is 46.2. The number of benzene rings is 1. The summed E-state index contributed by atoms with van der Waals surface area (Å²) in [6.45, 7) is 6.27. The second-order valence-electron chi connectivity index (χ2n) is 10.5. The number of nitrogens with zero attached hydrogens (tertiary/aromatic N) is 4. The number of fused-ring (bicyclic) bond motifs is 1. The number of aromatic nitrogens is 1. The monoisotopic (exact) mass is 546 g/mol. The number of halogens is 3. The highest BCUT2D eigenvalue weighted by atomic mass is 19.4. The van der Waals surface area contributed by atoms with Gasteiger partial charge in [-0.1, -0.05) is 6.42 Å². The molecule has 1 amide bonds. The molecule has 4 heterocycles. The number of amides is 1. The molecule has 0 radical (unpaired) electrons. The number of piperidine rings is 1. The van der Waals surface area contributed by atoms with Crippen molar-refractivity contribution in [2.75, 3.05) is 74.6 Å². The maximum Gasteiger partial charge on any atom is 0.419 e. The van der Waals surface area contributed by atoms with Crippen LogP contribution < -0.4 is 15.5 Å². The second-order valence-corrected chi connectivity index (χ2v) is 10.5. The summed E-state index contributed by atoms with van der Waals surface area (Å²) in [6.07, 6.45) is 1.44. The lowest BCUT2D eigenvalue weighted by Crippen LogP contribution is -2.54. The first kappa shape index (κ1) is 27.5. The fourth-order valence-electron chi connectivity index (χ4n) is 5.65. The highest BCUT2D eigenvalue weighted by Crippen LogP contribution is 2.36. The molecule has 212 valence electrons. The van der Waals surface area contributed by atoms with E-state index in [1.54, 1.807) is 4.90 Å². The Labute approximate surface area is 227 Å². The van der Waals surface area contributed by atoms with E-state index >= 15 is 0 Å². The summed E-state index contributed by atoms with van der Waals surface area (Å²) >= 11 is 0. The van der Waals surface area contributed by atoms with Gasteiger partial charge in [-0.2, -0.15) is 13.2 Å². The van der Waals surface area contributed by atoms with Crippen LogP contribution in [-0.4, -0.2) is 85.8 Å². The standard InChI is InChI=1S/C28H37F3N6O2/c29-28(30,31)24-18-33-26(17-25(24)32-10-3-12-36-13-4-16-39-20-27(36)38)34-21-6-8-22(9-7-21)37-15-14-35-11-2-1-5-23(35)19-37/h6-9,17-18,23H,1-5,10-16,19-20H2,(H2,32,33,34). The summed E-state index contributed by atoms with van der Waals surface area (Å²) in [5.74, 6) is 0.245.